The molecule has 0 unspecified atom stereocenters. The predicted octanol–water partition coefficient (Wildman–Crippen LogP) is 2.41. The lowest BCUT2D eigenvalue weighted by atomic mass is 10.0. The van der Waals surface area contributed by atoms with Gasteiger partial charge in [0.2, 0.25) is 0 Å². The third-order valence-corrected chi connectivity index (χ3v) is 3.50. The predicted molar refractivity (Wildman–Crippen MR) is 85.8 cm³/mol. The molecule has 4 nitrogen and oxygen atoms in total. The summed E-state index contributed by atoms with van der Waals surface area (Å²) in [7, 11) is 0. The Morgan fingerprint density at radius 3 is 2.50 bits per heavy atom. The minimum atomic E-state index is -0.456. The van der Waals surface area contributed by atoms with E-state index in [1.165, 1.54) is 0 Å². The van der Waals surface area contributed by atoms with Gasteiger partial charge in [0.25, 0.3) is 0 Å². The Morgan fingerprint density at radius 1 is 1.50 bits per heavy atom. The molecule has 0 bridgehead atoms. The van der Waals surface area contributed by atoms with Gasteiger partial charge in [0.05, 0.1) is 4.99 Å². The maximum Gasteiger partial charge on any atom is 0.323 e. The minimum Gasteiger partial charge on any atom is -0.459 e. The number of nitrogens with one attached hydrogen (secondary N) is 2. The molecule has 1 fully saturated rings. The number of carbonyl (C=O) groups is 1. The van der Waals surface area contributed by atoms with E-state index in [2.05, 4.69) is 31.4 Å². The van der Waals surface area contributed by atoms with Crippen molar-refractivity contribution in [1.29, 1.82) is 0 Å². The van der Waals surface area contributed by atoms with Gasteiger partial charge in [0.15, 0.2) is 0 Å². The van der Waals surface area contributed by atoms with Crippen LogP contribution in [0.1, 0.15) is 54.4 Å². The third-order valence-electron chi connectivity index (χ3n) is 3.21. The molecule has 1 saturated heterocycles. The number of hydrogen-bond donors (Lipinski definition) is 2. The lowest BCUT2D eigenvalue weighted by Gasteiger charge is -2.28. The standard InChI is InChI=1S/C15H28N2O2S/c1-9(2)7-12(14(18)19-15(4,5)6)17-11-8-13(20)16-10(11)3/h9-12,17H,7-8H2,1-6H3,(H,16,20)/t10-,11-,12-/m0/s1. The van der Waals surface area contributed by atoms with Crippen LogP contribution in [0.4, 0.5) is 0 Å². The van der Waals surface area contributed by atoms with E-state index in [0.29, 0.717) is 5.92 Å². The van der Waals surface area contributed by atoms with Crippen LogP contribution in [0.3, 0.4) is 0 Å². The van der Waals surface area contributed by atoms with Gasteiger partial charge in [-0.3, -0.25) is 10.1 Å². The van der Waals surface area contributed by atoms with E-state index in [0.717, 1.165) is 17.8 Å². The van der Waals surface area contributed by atoms with Crippen LogP contribution in [0.2, 0.25) is 0 Å². The molecule has 0 saturated carbocycles. The van der Waals surface area contributed by atoms with Gasteiger partial charge < -0.3 is 10.1 Å². The van der Waals surface area contributed by atoms with Crippen LogP contribution in [-0.2, 0) is 9.53 Å². The van der Waals surface area contributed by atoms with E-state index in [1.54, 1.807) is 0 Å². The highest BCUT2D eigenvalue weighted by atomic mass is 32.1. The molecule has 20 heavy (non-hydrogen) atoms. The van der Waals surface area contributed by atoms with Crippen molar-refractivity contribution in [3.05, 3.63) is 0 Å². The summed E-state index contributed by atoms with van der Waals surface area (Å²) in [5.41, 5.74) is -0.456. The second-order valence-electron chi connectivity index (χ2n) is 7.05. The summed E-state index contributed by atoms with van der Waals surface area (Å²) in [4.78, 5) is 13.2. The van der Waals surface area contributed by atoms with Crippen LogP contribution in [-0.4, -0.2) is 34.7 Å². The summed E-state index contributed by atoms with van der Waals surface area (Å²) < 4.78 is 5.52. The first kappa shape index (κ1) is 17.4. The van der Waals surface area contributed by atoms with Gasteiger partial charge in [0.1, 0.15) is 11.6 Å². The molecule has 0 spiro atoms. The first-order chi connectivity index (χ1) is 9.08. The van der Waals surface area contributed by atoms with Crippen LogP contribution >= 0.6 is 12.2 Å². The quantitative estimate of drug-likeness (QED) is 0.603. The molecule has 1 aliphatic heterocycles. The van der Waals surface area contributed by atoms with E-state index in [1.807, 2.05) is 20.8 Å². The molecule has 0 amide bonds. The lowest BCUT2D eigenvalue weighted by Crippen LogP contribution is -2.49. The fourth-order valence-electron chi connectivity index (χ4n) is 2.33. The van der Waals surface area contributed by atoms with Gasteiger partial charge in [0, 0.05) is 18.5 Å². The Balaban J connectivity index is 2.69. The van der Waals surface area contributed by atoms with Gasteiger partial charge in [-0.25, -0.2) is 0 Å². The summed E-state index contributed by atoms with van der Waals surface area (Å²) in [6.45, 7) is 12.0. The Morgan fingerprint density at radius 2 is 2.10 bits per heavy atom. The average molecular weight is 300 g/mol. The van der Waals surface area contributed by atoms with Crippen molar-refractivity contribution in [3.63, 3.8) is 0 Å². The van der Waals surface area contributed by atoms with Crippen molar-refractivity contribution in [3.8, 4) is 0 Å². The molecular formula is C15H28N2O2S. The molecule has 3 atom stereocenters. The Kier molecular flexibility index (Phi) is 5.95. The molecule has 116 valence electrons. The largest absolute Gasteiger partial charge is 0.459 e. The number of esters is 1. The van der Waals surface area contributed by atoms with E-state index < -0.39 is 5.60 Å². The van der Waals surface area contributed by atoms with Crippen LogP contribution in [0.15, 0.2) is 0 Å². The molecule has 0 radical (unpaired) electrons. The molecule has 5 heteroatoms. The topological polar surface area (TPSA) is 50.4 Å². The van der Waals surface area contributed by atoms with Gasteiger partial charge in [-0.2, -0.15) is 0 Å². The zero-order valence-corrected chi connectivity index (χ0v) is 14.3. The number of carbonyl (C=O) groups excluding carboxylic acids is 1. The first-order valence-electron chi connectivity index (χ1n) is 7.36. The minimum absolute atomic E-state index is 0.170. The van der Waals surface area contributed by atoms with Crippen molar-refractivity contribution in [2.24, 2.45) is 5.92 Å². The van der Waals surface area contributed by atoms with E-state index in [-0.39, 0.29) is 24.1 Å². The average Bonchev–Trinajstić information content (AvgIpc) is 2.53. The van der Waals surface area contributed by atoms with E-state index >= 15 is 0 Å². The van der Waals surface area contributed by atoms with Crippen LogP contribution in [0.5, 0.6) is 0 Å². The highest BCUT2D eigenvalue weighted by molar-refractivity contribution is 7.80. The maximum atomic E-state index is 12.3. The number of rotatable bonds is 5. The smallest absolute Gasteiger partial charge is 0.323 e. The summed E-state index contributed by atoms with van der Waals surface area (Å²) in [6.07, 6.45) is 1.55. The molecule has 0 aromatic heterocycles. The number of ether oxygens (including phenoxy) is 1. The van der Waals surface area contributed by atoms with Crippen molar-refractivity contribution in [2.75, 3.05) is 0 Å². The molecule has 1 heterocycles. The lowest BCUT2D eigenvalue weighted by molar-refractivity contribution is -0.158. The molecular weight excluding hydrogens is 272 g/mol. The summed E-state index contributed by atoms with van der Waals surface area (Å²) in [5, 5.41) is 6.65. The maximum absolute atomic E-state index is 12.3. The fraction of sp³-hybridized carbons (Fsp3) is 0.867. The Hall–Kier alpha value is -0.680. The normalized spacial score (nSPS) is 24.6. The summed E-state index contributed by atoms with van der Waals surface area (Å²) in [5.74, 6) is 0.257. The van der Waals surface area contributed by atoms with Crippen LogP contribution in [0.25, 0.3) is 0 Å². The highest BCUT2D eigenvalue weighted by Crippen LogP contribution is 2.16. The monoisotopic (exact) mass is 300 g/mol. The summed E-state index contributed by atoms with van der Waals surface area (Å²) in [6, 6.07) is 0.169. The fourth-order valence-corrected chi connectivity index (χ4v) is 2.69. The van der Waals surface area contributed by atoms with E-state index in [9.17, 15) is 4.79 Å². The van der Waals surface area contributed by atoms with Gasteiger partial charge >= 0.3 is 5.97 Å². The van der Waals surface area contributed by atoms with Gasteiger partial charge in [-0.15, -0.1) is 0 Å². The highest BCUT2D eigenvalue weighted by Gasteiger charge is 2.33. The zero-order chi connectivity index (χ0) is 15.5. The first-order valence-corrected chi connectivity index (χ1v) is 7.77. The zero-order valence-electron chi connectivity index (χ0n) is 13.4. The second kappa shape index (κ2) is 6.85. The molecule has 0 aliphatic carbocycles. The number of hydrogen-bond acceptors (Lipinski definition) is 4. The van der Waals surface area contributed by atoms with Crippen LogP contribution in [0, 0.1) is 5.92 Å². The summed E-state index contributed by atoms with van der Waals surface area (Å²) >= 11 is 5.20. The second-order valence-corrected chi connectivity index (χ2v) is 7.54. The van der Waals surface area contributed by atoms with Crippen molar-refractivity contribution in [1.82, 2.24) is 10.6 Å². The van der Waals surface area contributed by atoms with E-state index in [4.69, 9.17) is 17.0 Å². The SMILES string of the molecule is CC(C)C[C@H](N[C@H]1CC(=S)N[C@H]1C)C(=O)OC(C)(C)C. The van der Waals surface area contributed by atoms with Gasteiger partial charge in [-0.1, -0.05) is 26.1 Å². The molecule has 0 aromatic carbocycles. The molecule has 2 N–H and O–H groups in total. The number of thiocarbonyl (C=S) groups is 1. The molecule has 1 aliphatic rings. The molecule has 0 aromatic rings. The van der Waals surface area contributed by atoms with Gasteiger partial charge in [-0.05, 0) is 40.0 Å². The third kappa shape index (κ3) is 5.75. The Bertz CT molecular complexity index is 363. The Labute approximate surface area is 128 Å². The van der Waals surface area contributed by atoms with Crippen molar-refractivity contribution in [2.45, 2.75) is 78.1 Å². The van der Waals surface area contributed by atoms with Crippen molar-refractivity contribution >= 4 is 23.2 Å². The van der Waals surface area contributed by atoms with Crippen molar-refractivity contribution < 1.29 is 9.53 Å². The molecule has 1 rings (SSSR count). The van der Waals surface area contributed by atoms with Crippen LogP contribution < -0.4 is 10.6 Å².